The van der Waals surface area contributed by atoms with Crippen molar-refractivity contribution in [2.75, 3.05) is 26.4 Å². The number of halogens is 2. The molecule has 0 aliphatic carbocycles. The Morgan fingerprint density at radius 1 is 1.65 bits per heavy atom. The van der Waals surface area contributed by atoms with E-state index in [1.165, 1.54) is 4.88 Å². The monoisotopic (exact) mass is 339 g/mol. The third-order valence-electron chi connectivity index (χ3n) is 2.61. The molecule has 0 saturated carbocycles. The van der Waals surface area contributed by atoms with Crippen LogP contribution in [0.25, 0.3) is 0 Å². The second kappa shape index (κ2) is 6.50. The van der Waals surface area contributed by atoms with Crippen molar-refractivity contribution in [3.8, 4) is 0 Å². The maximum atomic E-state index is 6.08. The number of thiophene rings is 1. The Labute approximate surface area is 119 Å². The van der Waals surface area contributed by atoms with Gasteiger partial charge in [0.2, 0.25) is 0 Å². The molecule has 1 fully saturated rings. The van der Waals surface area contributed by atoms with Crippen LogP contribution in [0.15, 0.2) is 10.5 Å². The van der Waals surface area contributed by atoms with Gasteiger partial charge >= 0.3 is 0 Å². The van der Waals surface area contributed by atoms with E-state index < -0.39 is 0 Å². The first kappa shape index (κ1) is 13.8. The van der Waals surface area contributed by atoms with Gasteiger partial charge in [0.05, 0.1) is 25.9 Å². The van der Waals surface area contributed by atoms with Crippen molar-refractivity contribution in [2.24, 2.45) is 0 Å². The van der Waals surface area contributed by atoms with Crippen molar-refractivity contribution >= 4 is 38.9 Å². The molecule has 0 amide bonds. The highest BCUT2D eigenvalue weighted by atomic mass is 79.9. The van der Waals surface area contributed by atoms with E-state index in [1.54, 1.807) is 11.3 Å². The third kappa shape index (κ3) is 3.43. The first-order valence-corrected chi connectivity index (χ1v) is 7.58. The third-order valence-corrected chi connectivity index (χ3v) is 5.17. The molecule has 17 heavy (non-hydrogen) atoms. The first-order valence-electron chi connectivity index (χ1n) is 5.59. The van der Waals surface area contributed by atoms with Crippen LogP contribution in [0.1, 0.15) is 17.8 Å². The van der Waals surface area contributed by atoms with E-state index in [0.29, 0.717) is 19.8 Å². The molecule has 6 heteroatoms. The summed E-state index contributed by atoms with van der Waals surface area (Å²) in [7, 11) is 0. The lowest BCUT2D eigenvalue weighted by Crippen LogP contribution is -2.40. The molecule has 1 saturated heterocycles. The summed E-state index contributed by atoms with van der Waals surface area (Å²) in [5.74, 6) is 0. The minimum Gasteiger partial charge on any atom is -0.376 e. The summed E-state index contributed by atoms with van der Waals surface area (Å²) in [4.78, 5) is 1.18. The van der Waals surface area contributed by atoms with Gasteiger partial charge in [0, 0.05) is 9.35 Å². The molecule has 1 aromatic heterocycles. The zero-order chi connectivity index (χ0) is 12.3. The van der Waals surface area contributed by atoms with Crippen LogP contribution in [0.4, 0.5) is 0 Å². The fourth-order valence-electron chi connectivity index (χ4n) is 1.85. The molecule has 0 aromatic carbocycles. The largest absolute Gasteiger partial charge is 0.376 e. The fourth-order valence-corrected chi connectivity index (χ4v) is 3.72. The smallest absolute Gasteiger partial charge is 0.107 e. The maximum Gasteiger partial charge on any atom is 0.107 e. The number of nitrogens with one attached hydrogen (secondary N) is 1. The van der Waals surface area contributed by atoms with Crippen LogP contribution in [0.5, 0.6) is 0 Å². The Kier molecular flexibility index (Phi) is 5.26. The molecule has 1 N–H and O–H groups in total. The molecule has 1 aliphatic rings. The molecule has 96 valence electrons. The molecule has 0 spiro atoms. The Bertz CT molecular complexity index is 349. The minimum absolute atomic E-state index is 0.0605. The highest BCUT2D eigenvalue weighted by Crippen LogP contribution is 2.37. The average molecular weight is 341 g/mol. The maximum absolute atomic E-state index is 6.08. The van der Waals surface area contributed by atoms with Crippen LogP contribution in [-0.2, 0) is 9.47 Å². The lowest BCUT2D eigenvalue weighted by atomic mass is 10.1. The highest BCUT2D eigenvalue weighted by Gasteiger charge is 2.27. The molecule has 0 radical (unpaired) electrons. The predicted octanol–water partition coefficient (Wildman–Crippen LogP) is 3.23. The molecule has 2 atom stereocenters. The minimum atomic E-state index is 0.0605. The van der Waals surface area contributed by atoms with Gasteiger partial charge in [0.25, 0.3) is 0 Å². The van der Waals surface area contributed by atoms with Gasteiger partial charge in [-0.15, -0.1) is 11.3 Å². The van der Waals surface area contributed by atoms with Crippen LogP contribution in [0.3, 0.4) is 0 Å². The molecule has 1 aliphatic heterocycles. The van der Waals surface area contributed by atoms with Gasteiger partial charge in [-0.25, -0.2) is 0 Å². The molecule has 2 heterocycles. The van der Waals surface area contributed by atoms with Gasteiger partial charge in [-0.3, -0.25) is 0 Å². The zero-order valence-electron chi connectivity index (χ0n) is 9.54. The number of hydrogen-bond acceptors (Lipinski definition) is 4. The van der Waals surface area contributed by atoms with Crippen molar-refractivity contribution in [1.29, 1.82) is 0 Å². The van der Waals surface area contributed by atoms with E-state index >= 15 is 0 Å². The standard InChI is InChI=1S/C11H15BrClNO2S/c1-2-14-10(8-6-15-3-4-16-8)9-5-7(12)11(13)17-9/h5,8,10,14H,2-4,6H2,1H3. The van der Waals surface area contributed by atoms with Crippen molar-refractivity contribution in [3.63, 3.8) is 0 Å². The van der Waals surface area contributed by atoms with Crippen molar-refractivity contribution in [2.45, 2.75) is 19.1 Å². The second-order valence-corrected chi connectivity index (χ2v) is 6.33. The molecule has 2 unspecified atom stereocenters. The number of hydrogen-bond donors (Lipinski definition) is 1. The molecular formula is C11H15BrClNO2S. The quantitative estimate of drug-likeness (QED) is 0.913. The normalized spacial score (nSPS) is 22.6. The van der Waals surface area contributed by atoms with Crippen molar-refractivity contribution < 1.29 is 9.47 Å². The van der Waals surface area contributed by atoms with Gasteiger partial charge in [-0.05, 0) is 28.5 Å². The fraction of sp³-hybridized carbons (Fsp3) is 0.636. The molecule has 3 nitrogen and oxygen atoms in total. The predicted molar refractivity (Wildman–Crippen MR) is 74.0 cm³/mol. The average Bonchev–Trinajstić information content (AvgIpc) is 2.67. The highest BCUT2D eigenvalue weighted by molar-refractivity contribution is 9.10. The first-order chi connectivity index (χ1) is 8.22. The Hall–Kier alpha value is 0.350. The van der Waals surface area contributed by atoms with Gasteiger partial charge < -0.3 is 14.8 Å². The van der Waals surface area contributed by atoms with E-state index in [0.717, 1.165) is 15.4 Å². The van der Waals surface area contributed by atoms with Crippen LogP contribution in [0.2, 0.25) is 4.34 Å². The second-order valence-electron chi connectivity index (χ2n) is 3.79. The lowest BCUT2D eigenvalue weighted by Gasteiger charge is -2.30. The Balaban J connectivity index is 2.15. The van der Waals surface area contributed by atoms with Gasteiger partial charge in [-0.2, -0.15) is 0 Å². The molecule has 0 bridgehead atoms. The van der Waals surface area contributed by atoms with Crippen LogP contribution in [0, 0.1) is 0 Å². The summed E-state index contributed by atoms with van der Waals surface area (Å²) in [5.41, 5.74) is 0. The summed E-state index contributed by atoms with van der Waals surface area (Å²) in [6.45, 7) is 4.94. The van der Waals surface area contributed by atoms with Crippen molar-refractivity contribution in [3.05, 3.63) is 19.8 Å². The molecular weight excluding hydrogens is 326 g/mol. The van der Waals surface area contributed by atoms with Gasteiger partial charge in [0.15, 0.2) is 0 Å². The molecule has 2 rings (SSSR count). The van der Waals surface area contributed by atoms with Crippen LogP contribution in [-0.4, -0.2) is 32.5 Å². The van der Waals surface area contributed by atoms with Crippen molar-refractivity contribution in [1.82, 2.24) is 5.32 Å². The SMILES string of the molecule is CCNC(c1cc(Br)c(Cl)s1)C1COCCO1. The van der Waals surface area contributed by atoms with Crippen LogP contribution < -0.4 is 5.32 Å². The summed E-state index contributed by atoms with van der Waals surface area (Å²) in [6, 6.07) is 2.20. The Morgan fingerprint density at radius 3 is 3.00 bits per heavy atom. The Morgan fingerprint density at radius 2 is 2.47 bits per heavy atom. The summed E-state index contributed by atoms with van der Waals surface area (Å²) in [6.07, 6.45) is 0.0605. The molecule has 1 aromatic rings. The van der Waals surface area contributed by atoms with E-state index in [2.05, 4.69) is 34.2 Å². The van der Waals surface area contributed by atoms with E-state index in [-0.39, 0.29) is 12.1 Å². The van der Waals surface area contributed by atoms with E-state index in [4.69, 9.17) is 21.1 Å². The summed E-state index contributed by atoms with van der Waals surface area (Å²) >= 11 is 11.1. The number of ether oxygens (including phenoxy) is 2. The number of likely N-dealkylation sites (N-methyl/N-ethyl adjacent to an activating group) is 1. The van der Waals surface area contributed by atoms with E-state index in [1.807, 2.05) is 0 Å². The van der Waals surface area contributed by atoms with Gasteiger partial charge in [0.1, 0.15) is 10.4 Å². The van der Waals surface area contributed by atoms with Crippen LogP contribution >= 0.6 is 38.9 Å². The lowest BCUT2D eigenvalue weighted by molar-refractivity contribution is -0.102. The van der Waals surface area contributed by atoms with Gasteiger partial charge in [-0.1, -0.05) is 18.5 Å². The topological polar surface area (TPSA) is 30.5 Å². The summed E-state index contributed by atoms with van der Waals surface area (Å²) in [5, 5.41) is 3.44. The zero-order valence-corrected chi connectivity index (χ0v) is 12.7. The number of rotatable bonds is 4. The van der Waals surface area contributed by atoms with E-state index in [9.17, 15) is 0 Å². The summed E-state index contributed by atoms with van der Waals surface area (Å²) < 4.78 is 12.9.